The highest BCUT2D eigenvalue weighted by Gasteiger charge is 2.26. The molecular weight excluding hydrogens is 329 g/mol. The van der Waals surface area contributed by atoms with E-state index in [2.05, 4.69) is 15.5 Å². The van der Waals surface area contributed by atoms with Crippen molar-refractivity contribution in [2.24, 2.45) is 0 Å². The maximum Gasteiger partial charge on any atom is 0.333 e. The fourth-order valence-corrected chi connectivity index (χ4v) is 2.40. The van der Waals surface area contributed by atoms with E-state index in [1.807, 2.05) is 0 Å². The van der Waals surface area contributed by atoms with Crippen LogP contribution in [0, 0.1) is 0 Å². The first kappa shape index (κ1) is 16.3. The highest BCUT2D eigenvalue weighted by Crippen LogP contribution is 2.27. The van der Waals surface area contributed by atoms with Crippen LogP contribution in [0.2, 0.25) is 10.0 Å². The number of H-pyrrole nitrogens is 1. The molecule has 1 aromatic carbocycles. The molecule has 0 aliphatic rings. The summed E-state index contributed by atoms with van der Waals surface area (Å²) in [7, 11) is 1.24. The lowest BCUT2D eigenvalue weighted by atomic mass is 10.1. The van der Waals surface area contributed by atoms with Gasteiger partial charge in [0.25, 0.3) is 0 Å². The van der Waals surface area contributed by atoms with Gasteiger partial charge in [-0.1, -0.05) is 29.3 Å². The first-order valence-electron chi connectivity index (χ1n) is 6.31. The molecular formula is C14H13Cl2N3O3. The zero-order chi connectivity index (χ0) is 16.1. The summed E-state index contributed by atoms with van der Waals surface area (Å²) in [5.41, 5.74) is 1.04. The number of carbonyl (C=O) groups is 2. The van der Waals surface area contributed by atoms with Gasteiger partial charge in [0.05, 0.1) is 13.5 Å². The molecule has 0 saturated heterocycles. The minimum absolute atomic E-state index is 0.0543. The van der Waals surface area contributed by atoms with Gasteiger partial charge in [0.2, 0.25) is 5.91 Å². The lowest BCUT2D eigenvalue weighted by Gasteiger charge is -2.18. The fraction of sp³-hybridized carbons (Fsp3) is 0.214. The van der Waals surface area contributed by atoms with Crippen LogP contribution in [0.1, 0.15) is 17.3 Å². The molecule has 1 atom stereocenters. The van der Waals surface area contributed by atoms with Gasteiger partial charge in [-0.05, 0) is 18.2 Å². The number of esters is 1. The van der Waals surface area contributed by atoms with Gasteiger partial charge in [-0.2, -0.15) is 5.10 Å². The highest BCUT2D eigenvalue weighted by molar-refractivity contribution is 6.35. The van der Waals surface area contributed by atoms with E-state index in [0.717, 1.165) is 0 Å². The van der Waals surface area contributed by atoms with E-state index in [9.17, 15) is 9.59 Å². The van der Waals surface area contributed by atoms with Crippen molar-refractivity contribution in [2.75, 3.05) is 7.11 Å². The van der Waals surface area contributed by atoms with Gasteiger partial charge in [-0.3, -0.25) is 9.89 Å². The quantitative estimate of drug-likeness (QED) is 0.817. The smallest absolute Gasteiger partial charge is 0.333 e. The number of benzene rings is 1. The zero-order valence-electron chi connectivity index (χ0n) is 11.6. The molecule has 0 fully saturated rings. The Balaban J connectivity index is 2.19. The van der Waals surface area contributed by atoms with Crippen molar-refractivity contribution in [3.05, 3.63) is 51.8 Å². The highest BCUT2D eigenvalue weighted by atomic mass is 35.5. The van der Waals surface area contributed by atoms with E-state index in [1.165, 1.54) is 19.4 Å². The van der Waals surface area contributed by atoms with E-state index in [1.54, 1.807) is 18.2 Å². The Morgan fingerprint density at radius 3 is 2.73 bits per heavy atom. The number of hydrogen-bond donors (Lipinski definition) is 2. The van der Waals surface area contributed by atoms with Gasteiger partial charge in [0.15, 0.2) is 6.04 Å². The van der Waals surface area contributed by atoms with Crippen molar-refractivity contribution >= 4 is 35.1 Å². The van der Waals surface area contributed by atoms with E-state index < -0.39 is 12.0 Å². The summed E-state index contributed by atoms with van der Waals surface area (Å²) in [4.78, 5) is 24.0. The van der Waals surface area contributed by atoms with E-state index >= 15 is 0 Å². The average Bonchev–Trinajstić information content (AvgIpc) is 2.97. The molecule has 6 nitrogen and oxygen atoms in total. The second kappa shape index (κ2) is 7.29. The summed E-state index contributed by atoms with van der Waals surface area (Å²) in [5, 5.41) is 9.72. The maximum atomic E-state index is 12.1. The van der Waals surface area contributed by atoms with Gasteiger partial charge >= 0.3 is 5.97 Å². The van der Waals surface area contributed by atoms with Crippen LogP contribution in [0.3, 0.4) is 0 Å². The number of aromatic nitrogens is 2. The minimum atomic E-state index is -1.01. The molecule has 0 aliphatic heterocycles. The van der Waals surface area contributed by atoms with Gasteiger partial charge in [-0.15, -0.1) is 0 Å². The van der Waals surface area contributed by atoms with Crippen molar-refractivity contribution in [1.82, 2.24) is 15.5 Å². The van der Waals surface area contributed by atoms with Crippen molar-refractivity contribution in [3.8, 4) is 0 Å². The monoisotopic (exact) mass is 341 g/mol. The van der Waals surface area contributed by atoms with Crippen molar-refractivity contribution in [2.45, 2.75) is 12.5 Å². The molecule has 22 heavy (non-hydrogen) atoms. The normalized spacial score (nSPS) is 11.8. The van der Waals surface area contributed by atoms with E-state index in [0.29, 0.717) is 16.3 Å². The molecule has 1 heterocycles. The van der Waals surface area contributed by atoms with Crippen LogP contribution < -0.4 is 5.32 Å². The summed E-state index contributed by atoms with van der Waals surface area (Å²) >= 11 is 11.9. The molecule has 2 aromatic rings. The van der Waals surface area contributed by atoms with Crippen LogP contribution in [0.4, 0.5) is 0 Å². The molecule has 0 bridgehead atoms. The lowest BCUT2D eigenvalue weighted by Crippen LogP contribution is -2.35. The second-order valence-corrected chi connectivity index (χ2v) is 5.29. The van der Waals surface area contributed by atoms with Gasteiger partial charge < -0.3 is 10.1 Å². The van der Waals surface area contributed by atoms with Gasteiger partial charge in [0.1, 0.15) is 0 Å². The van der Waals surface area contributed by atoms with Crippen molar-refractivity contribution in [3.63, 3.8) is 0 Å². The van der Waals surface area contributed by atoms with Crippen LogP contribution in [0.5, 0.6) is 0 Å². The number of aromatic amines is 1. The lowest BCUT2D eigenvalue weighted by molar-refractivity contribution is -0.145. The summed E-state index contributed by atoms with van der Waals surface area (Å²) in [6.45, 7) is 0. The van der Waals surface area contributed by atoms with Gasteiger partial charge in [0, 0.05) is 27.5 Å². The van der Waals surface area contributed by atoms with Crippen LogP contribution in [0.25, 0.3) is 0 Å². The Morgan fingerprint density at radius 1 is 1.36 bits per heavy atom. The molecule has 0 spiro atoms. The molecule has 8 heteroatoms. The molecule has 1 unspecified atom stereocenters. The standard InChI is InChI=1S/C14H13Cl2N3O3/c1-22-14(21)13(10-3-2-8(15)6-11(10)16)18-12(20)7-9-4-5-17-19-9/h2-6,13H,7H2,1H3,(H,17,19)(H,18,20). The molecule has 2 N–H and O–H groups in total. The third-order valence-corrected chi connectivity index (χ3v) is 3.49. The first-order chi connectivity index (χ1) is 10.5. The number of hydrogen-bond acceptors (Lipinski definition) is 4. The Kier molecular flexibility index (Phi) is 5.41. The second-order valence-electron chi connectivity index (χ2n) is 4.45. The summed E-state index contributed by atoms with van der Waals surface area (Å²) < 4.78 is 4.72. The molecule has 1 aromatic heterocycles. The first-order valence-corrected chi connectivity index (χ1v) is 7.07. The summed E-state index contributed by atoms with van der Waals surface area (Å²) in [6, 6.07) is 5.31. The minimum Gasteiger partial charge on any atom is -0.467 e. The Morgan fingerprint density at radius 2 is 2.14 bits per heavy atom. The third kappa shape index (κ3) is 3.99. The number of nitrogens with one attached hydrogen (secondary N) is 2. The number of methoxy groups -OCH3 is 1. The van der Waals surface area contributed by atoms with E-state index in [4.69, 9.17) is 27.9 Å². The number of carbonyl (C=O) groups excluding carboxylic acids is 2. The molecule has 1 amide bonds. The zero-order valence-corrected chi connectivity index (χ0v) is 13.1. The number of amides is 1. The van der Waals surface area contributed by atoms with Crippen molar-refractivity contribution < 1.29 is 14.3 Å². The molecule has 116 valence electrons. The fourth-order valence-electron chi connectivity index (χ4n) is 1.89. The van der Waals surface area contributed by atoms with Crippen LogP contribution in [-0.2, 0) is 20.7 Å². The number of ether oxygens (including phenoxy) is 1. The number of nitrogens with zero attached hydrogens (tertiary/aromatic N) is 1. The van der Waals surface area contributed by atoms with Crippen LogP contribution in [0.15, 0.2) is 30.5 Å². The number of halogens is 2. The van der Waals surface area contributed by atoms with Crippen LogP contribution in [-0.4, -0.2) is 29.2 Å². The summed E-state index contributed by atoms with van der Waals surface area (Å²) in [6.07, 6.45) is 1.59. The Labute approximate surface area is 136 Å². The summed E-state index contributed by atoms with van der Waals surface area (Å²) in [5.74, 6) is -0.993. The van der Waals surface area contributed by atoms with E-state index in [-0.39, 0.29) is 17.4 Å². The Hall–Kier alpha value is -2.05. The SMILES string of the molecule is COC(=O)C(NC(=O)Cc1ccn[nH]1)c1ccc(Cl)cc1Cl. The third-order valence-electron chi connectivity index (χ3n) is 2.93. The number of rotatable bonds is 5. The van der Waals surface area contributed by atoms with Crippen molar-refractivity contribution in [1.29, 1.82) is 0 Å². The molecule has 2 rings (SSSR count). The molecule has 0 aliphatic carbocycles. The predicted octanol–water partition coefficient (Wildman–Crippen LogP) is 2.29. The molecule has 0 radical (unpaired) electrons. The van der Waals surface area contributed by atoms with Gasteiger partial charge in [-0.25, -0.2) is 4.79 Å². The topological polar surface area (TPSA) is 84.1 Å². The molecule has 0 saturated carbocycles. The predicted molar refractivity (Wildman–Crippen MR) is 81.7 cm³/mol. The Bertz CT molecular complexity index is 674. The van der Waals surface area contributed by atoms with Crippen LogP contribution >= 0.6 is 23.2 Å². The maximum absolute atomic E-state index is 12.1. The largest absolute Gasteiger partial charge is 0.467 e. The average molecular weight is 342 g/mol.